The number of anilines is 2. The molecule has 0 spiro atoms. The lowest BCUT2D eigenvalue weighted by Crippen LogP contribution is -2.45. The number of nitrogens with one attached hydrogen (secondary N) is 3. The highest BCUT2D eigenvalue weighted by molar-refractivity contribution is 5.75. The third-order valence-corrected chi connectivity index (χ3v) is 6.26. The molecule has 0 amide bonds. The van der Waals surface area contributed by atoms with Gasteiger partial charge in [-0.15, -0.1) is 0 Å². The Balaban J connectivity index is 1.34. The van der Waals surface area contributed by atoms with E-state index in [-0.39, 0.29) is 12.1 Å². The summed E-state index contributed by atoms with van der Waals surface area (Å²) >= 11 is 0. The Hall–Kier alpha value is -3.65. The summed E-state index contributed by atoms with van der Waals surface area (Å²) in [5.74, 6) is 1.23. The number of hydrogen-bond donors (Lipinski definition) is 3. The SMILES string of the molecule is C[C@@H](CN[C@H](c1ccccc1)[C@H]1CNc2cc(-c3cnn(C)c3)cnc2N1)c1cnn(C)c1. The summed E-state index contributed by atoms with van der Waals surface area (Å²) in [6, 6.07) is 13.0. The Morgan fingerprint density at radius 1 is 1.00 bits per heavy atom. The molecule has 4 heterocycles. The number of aromatic nitrogens is 5. The summed E-state index contributed by atoms with van der Waals surface area (Å²) in [7, 11) is 3.88. The highest BCUT2D eigenvalue weighted by Crippen LogP contribution is 2.32. The molecular weight excluding hydrogens is 412 g/mol. The second-order valence-electron chi connectivity index (χ2n) is 8.80. The first-order chi connectivity index (χ1) is 16.1. The molecule has 1 aliphatic heterocycles. The van der Waals surface area contributed by atoms with E-state index >= 15 is 0 Å². The van der Waals surface area contributed by atoms with Gasteiger partial charge in [0.2, 0.25) is 0 Å². The third kappa shape index (κ3) is 4.61. The fourth-order valence-electron chi connectivity index (χ4n) is 4.36. The lowest BCUT2D eigenvalue weighted by molar-refractivity contribution is 0.453. The van der Waals surface area contributed by atoms with Gasteiger partial charge in [0.1, 0.15) is 5.82 Å². The smallest absolute Gasteiger partial charge is 0.149 e. The van der Waals surface area contributed by atoms with Crippen LogP contribution in [-0.4, -0.2) is 43.7 Å². The molecule has 1 aliphatic rings. The molecule has 5 rings (SSSR count). The average Bonchev–Trinajstić information content (AvgIpc) is 3.47. The van der Waals surface area contributed by atoms with Crippen LogP contribution >= 0.6 is 0 Å². The topological polar surface area (TPSA) is 84.6 Å². The first kappa shape index (κ1) is 21.2. The Labute approximate surface area is 194 Å². The zero-order chi connectivity index (χ0) is 22.8. The molecule has 0 bridgehead atoms. The summed E-state index contributed by atoms with van der Waals surface area (Å²) < 4.78 is 3.66. The molecule has 3 aromatic heterocycles. The molecule has 170 valence electrons. The van der Waals surface area contributed by atoms with Crippen molar-refractivity contribution in [1.82, 2.24) is 29.9 Å². The van der Waals surface area contributed by atoms with Crippen LogP contribution in [0.3, 0.4) is 0 Å². The highest BCUT2D eigenvalue weighted by Gasteiger charge is 2.28. The van der Waals surface area contributed by atoms with Crippen molar-refractivity contribution in [2.75, 3.05) is 23.7 Å². The van der Waals surface area contributed by atoms with Gasteiger partial charge in [0.15, 0.2) is 0 Å². The minimum atomic E-state index is 0.130. The van der Waals surface area contributed by atoms with E-state index in [9.17, 15) is 0 Å². The molecule has 0 unspecified atom stereocenters. The number of benzene rings is 1. The number of aryl methyl sites for hydroxylation is 2. The summed E-state index contributed by atoms with van der Waals surface area (Å²) in [5, 5.41) is 19.7. The van der Waals surface area contributed by atoms with Crippen molar-refractivity contribution in [2.45, 2.75) is 24.9 Å². The van der Waals surface area contributed by atoms with Crippen LogP contribution in [0, 0.1) is 0 Å². The van der Waals surface area contributed by atoms with Crippen molar-refractivity contribution >= 4 is 11.5 Å². The van der Waals surface area contributed by atoms with Gasteiger partial charge in [-0.25, -0.2) is 4.98 Å². The van der Waals surface area contributed by atoms with E-state index in [0.29, 0.717) is 5.92 Å². The molecular formula is C25H30N8. The fourth-order valence-corrected chi connectivity index (χ4v) is 4.36. The first-order valence-electron chi connectivity index (χ1n) is 11.3. The largest absolute Gasteiger partial charge is 0.380 e. The van der Waals surface area contributed by atoms with Crippen LogP contribution in [0.4, 0.5) is 11.5 Å². The highest BCUT2D eigenvalue weighted by atomic mass is 15.2. The molecule has 0 saturated carbocycles. The quantitative estimate of drug-likeness (QED) is 0.406. The number of hydrogen-bond acceptors (Lipinski definition) is 6. The molecule has 8 nitrogen and oxygen atoms in total. The summed E-state index contributed by atoms with van der Waals surface area (Å²) in [4.78, 5) is 4.73. The second-order valence-corrected chi connectivity index (χ2v) is 8.80. The van der Waals surface area contributed by atoms with Gasteiger partial charge in [-0.1, -0.05) is 37.3 Å². The molecule has 0 saturated heterocycles. The van der Waals surface area contributed by atoms with Crippen LogP contribution in [0.15, 0.2) is 67.4 Å². The van der Waals surface area contributed by atoms with E-state index in [1.54, 1.807) is 4.68 Å². The van der Waals surface area contributed by atoms with E-state index < -0.39 is 0 Å². The Morgan fingerprint density at radius 3 is 2.52 bits per heavy atom. The number of nitrogens with zero attached hydrogens (tertiary/aromatic N) is 5. The van der Waals surface area contributed by atoms with E-state index in [0.717, 1.165) is 35.7 Å². The predicted octanol–water partition coefficient (Wildman–Crippen LogP) is 3.56. The Morgan fingerprint density at radius 2 is 1.79 bits per heavy atom. The predicted molar refractivity (Wildman–Crippen MR) is 131 cm³/mol. The number of fused-ring (bicyclic) bond motifs is 1. The number of rotatable bonds is 7. The zero-order valence-corrected chi connectivity index (χ0v) is 19.2. The maximum Gasteiger partial charge on any atom is 0.149 e. The zero-order valence-electron chi connectivity index (χ0n) is 19.2. The Bertz CT molecular complexity index is 1210. The van der Waals surface area contributed by atoms with Crippen molar-refractivity contribution < 1.29 is 0 Å². The van der Waals surface area contributed by atoms with Crippen LogP contribution in [0.2, 0.25) is 0 Å². The lowest BCUT2D eigenvalue weighted by Gasteiger charge is -2.35. The maximum absolute atomic E-state index is 4.73. The second kappa shape index (κ2) is 9.07. The van der Waals surface area contributed by atoms with Gasteiger partial charge in [0.05, 0.1) is 30.2 Å². The normalized spacial score (nSPS) is 17.0. The molecule has 3 atom stereocenters. The molecule has 0 aliphatic carbocycles. The third-order valence-electron chi connectivity index (χ3n) is 6.26. The van der Waals surface area contributed by atoms with Crippen molar-refractivity contribution in [2.24, 2.45) is 14.1 Å². The van der Waals surface area contributed by atoms with Gasteiger partial charge in [-0.3, -0.25) is 9.36 Å². The van der Waals surface area contributed by atoms with Crippen LogP contribution in [0.25, 0.3) is 11.1 Å². The molecule has 3 N–H and O–H groups in total. The van der Waals surface area contributed by atoms with Crippen LogP contribution in [0.1, 0.15) is 30.0 Å². The average molecular weight is 443 g/mol. The summed E-state index contributed by atoms with van der Waals surface area (Å²) in [6.07, 6.45) is 9.80. The van der Waals surface area contributed by atoms with Crippen molar-refractivity contribution in [3.8, 4) is 11.1 Å². The standard InChI is InChI=1S/C25H30N8/c1-17(20-12-29-32(2)15-20)10-27-24(18-7-5-4-6-8-18)23-14-26-22-9-19(11-28-25(22)31-23)21-13-30-33(3)16-21/h4-9,11-13,15-17,23-24,26-27H,10,14H2,1-3H3,(H,28,31)/t17-,23+,24+/m0/s1. The van der Waals surface area contributed by atoms with Crippen molar-refractivity contribution in [1.29, 1.82) is 0 Å². The fraction of sp³-hybridized carbons (Fsp3) is 0.320. The van der Waals surface area contributed by atoms with Crippen molar-refractivity contribution in [3.05, 3.63) is 78.5 Å². The van der Waals surface area contributed by atoms with E-state index in [1.807, 2.05) is 43.6 Å². The van der Waals surface area contributed by atoms with Gasteiger partial charge in [-0.2, -0.15) is 10.2 Å². The monoisotopic (exact) mass is 442 g/mol. The van der Waals surface area contributed by atoms with Gasteiger partial charge in [-0.05, 0) is 23.1 Å². The van der Waals surface area contributed by atoms with Crippen LogP contribution < -0.4 is 16.0 Å². The lowest BCUT2D eigenvalue weighted by atomic mass is 9.96. The van der Waals surface area contributed by atoms with Gasteiger partial charge in [0.25, 0.3) is 0 Å². The molecule has 0 fully saturated rings. The van der Waals surface area contributed by atoms with Gasteiger partial charge >= 0.3 is 0 Å². The van der Waals surface area contributed by atoms with Gasteiger partial charge in [0, 0.05) is 56.9 Å². The molecule has 8 heteroatoms. The maximum atomic E-state index is 4.73. The molecule has 33 heavy (non-hydrogen) atoms. The molecule has 0 radical (unpaired) electrons. The molecule has 1 aromatic carbocycles. The van der Waals surface area contributed by atoms with E-state index in [4.69, 9.17) is 4.98 Å². The molecule has 4 aromatic rings. The minimum Gasteiger partial charge on any atom is -0.380 e. The van der Waals surface area contributed by atoms with Crippen molar-refractivity contribution in [3.63, 3.8) is 0 Å². The Kier molecular flexibility index (Phi) is 5.83. The first-order valence-corrected chi connectivity index (χ1v) is 11.3. The van der Waals surface area contributed by atoms with E-state index in [1.165, 1.54) is 11.1 Å². The number of pyridine rings is 1. The van der Waals surface area contributed by atoms with Gasteiger partial charge < -0.3 is 16.0 Å². The summed E-state index contributed by atoms with van der Waals surface area (Å²) in [5.41, 5.74) is 5.62. The van der Waals surface area contributed by atoms with E-state index in [2.05, 4.69) is 75.7 Å². The van der Waals surface area contributed by atoms with Crippen LogP contribution in [-0.2, 0) is 14.1 Å². The van der Waals surface area contributed by atoms with Crippen LogP contribution in [0.5, 0.6) is 0 Å². The minimum absolute atomic E-state index is 0.130. The summed E-state index contributed by atoms with van der Waals surface area (Å²) in [6.45, 7) is 3.87.